The summed E-state index contributed by atoms with van der Waals surface area (Å²) in [6.45, 7) is -0.410. The van der Waals surface area contributed by atoms with Crippen molar-refractivity contribution in [3.8, 4) is 5.75 Å². The Labute approximate surface area is 101 Å². The molecule has 1 heterocycles. The monoisotopic (exact) mass is 256 g/mol. The van der Waals surface area contributed by atoms with E-state index in [0.29, 0.717) is 22.3 Å². The number of halogens is 3. The summed E-state index contributed by atoms with van der Waals surface area (Å²) in [5.41, 5.74) is 6.74. The topological polar surface area (TPSA) is 48.1 Å². The number of anilines is 1. The molecule has 1 aromatic carbocycles. The van der Waals surface area contributed by atoms with E-state index in [2.05, 4.69) is 4.98 Å². The molecule has 2 aromatic rings. The van der Waals surface area contributed by atoms with Crippen molar-refractivity contribution < 1.29 is 17.9 Å². The molecule has 3 nitrogen and oxygen atoms in total. The Hall–Kier alpha value is -1.98. The Morgan fingerprint density at radius 1 is 1.22 bits per heavy atom. The number of hydrogen-bond donors (Lipinski definition) is 1. The lowest BCUT2D eigenvalue weighted by Crippen LogP contribution is -2.13. The molecule has 0 aliphatic carbocycles. The standard InChI is InChI=1S/C12H11F3N2O/c13-12(14,15)4-6-18-11-3-5-17-10-7-8(16)1-2-9(10)11/h1-3,5,7H,4,6,16H2. The second kappa shape index (κ2) is 4.72. The van der Waals surface area contributed by atoms with Crippen molar-refractivity contribution in [3.63, 3.8) is 0 Å². The van der Waals surface area contributed by atoms with Gasteiger partial charge in [-0.15, -0.1) is 0 Å². The van der Waals surface area contributed by atoms with Crippen LogP contribution in [0, 0.1) is 0 Å². The number of nitrogens with two attached hydrogens (primary N) is 1. The van der Waals surface area contributed by atoms with Crippen molar-refractivity contribution >= 4 is 16.6 Å². The number of fused-ring (bicyclic) bond motifs is 1. The molecule has 0 spiro atoms. The molecule has 0 aliphatic heterocycles. The van der Waals surface area contributed by atoms with Crippen molar-refractivity contribution in [3.05, 3.63) is 30.5 Å². The first-order valence-electron chi connectivity index (χ1n) is 5.29. The second-order valence-electron chi connectivity index (χ2n) is 3.80. The van der Waals surface area contributed by atoms with Crippen LogP contribution in [0.5, 0.6) is 5.75 Å². The van der Waals surface area contributed by atoms with Crippen molar-refractivity contribution in [2.75, 3.05) is 12.3 Å². The fraction of sp³-hybridized carbons (Fsp3) is 0.250. The van der Waals surface area contributed by atoms with Gasteiger partial charge in [0.05, 0.1) is 18.5 Å². The van der Waals surface area contributed by atoms with Crippen LogP contribution in [0.4, 0.5) is 18.9 Å². The second-order valence-corrected chi connectivity index (χ2v) is 3.80. The summed E-state index contributed by atoms with van der Waals surface area (Å²) in [5.74, 6) is 0.379. The van der Waals surface area contributed by atoms with E-state index in [1.54, 1.807) is 18.2 Å². The number of ether oxygens (including phenoxy) is 1. The van der Waals surface area contributed by atoms with Gasteiger partial charge in [-0.25, -0.2) is 0 Å². The molecule has 96 valence electrons. The van der Waals surface area contributed by atoms with Gasteiger partial charge in [-0.3, -0.25) is 4.98 Å². The summed E-state index contributed by atoms with van der Waals surface area (Å²) in [4.78, 5) is 4.08. The number of aromatic nitrogens is 1. The summed E-state index contributed by atoms with van der Waals surface area (Å²) in [7, 11) is 0. The molecule has 0 aliphatic rings. The molecular formula is C12H11F3N2O. The maximum absolute atomic E-state index is 12.0. The summed E-state index contributed by atoms with van der Waals surface area (Å²) in [6, 6.07) is 6.52. The number of pyridine rings is 1. The Kier molecular flexibility index (Phi) is 3.27. The molecule has 18 heavy (non-hydrogen) atoms. The van der Waals surface area contributed by atoms with Crippen LogP contribution in [-0.4, -0.2) is 17.8 Å². The first-order valence-corrected chi connectivity index (χ1v) is 5.29. The first-order chi connectivity index (χ1) is 8.46. The third-order valence-corrected chi connectivity index (χ3v) is 2.37. The fourth-order valence-electron chi connectivity index (χ4n) is 1.54. The molecule has 2 rings (SSSR count). The van der Waals surface area contributed by atoms with Gasteiger partial charge in [0.25, 0.3) is 0 Å². The first kappa shape index (κ1) is 12.5. The summed E-state index contributed by atoms with van der Waals surface area (Å²) >= 11 is 0. The molecule has 0 fully saturated rings. The molecular weight excluding hydrogens is 245 g/mol. The molecule has 0 saturated carbocycles. The van der Waals surface area contributed by atoms with Gasteiger partial charge in [-0.2, -0.15) is 13.2 Å². The molecule has 2 N–H and O–H groups in total. The SMILES string of the molecule is Nc1ccc2c(OCCC(F)(F)F)ccnc2c1. The average molecular weight is 256 g/mol. The van der Waals surface area contributed by atoms with Gasteiger partial charge in [0.1, 0.15) is 5.75 Å². The number of nitrogens with zero attached hydrogens (tertiary/aromatic N) is 1. The Morgan fingerprint density at radius 2 is 2.00 bits per heavy atom. The van der Waals surface area contributed by atoms with Crippen LogP contribution < -0.4 is 10.5 Å². The zero-order valence-electron chi connectivity index (χ0n) is 9.37. The molecule has 0 atom stereocenters. The Bertz CT molecular complexity index is 555. The normalized spacial score (nSPS) is 11.7. The predicted octanol–water partition coefficient (Wildman–Crippen LogP) is 3.15. The van der Waals surface area contributed by atoms with E-state index in [-0.39, 0.29) is 0 Å². The molecule has 0 unspecified atom stereocenters. The molecule has 0 saturated heterocycles. The van der Waals surface area contributed by atoms with Gasteiger partial charge in [0, 0.05) is 17.3 Å². The van der Waals surface area contributed by atoms with Gasteiger partial charge in [0.15, 0.2) is 0 Å². The average Bonchev–Trinajstić information content (AvgIpc) is 2.27. The third-order valence-electron chi connectivity index (χ3n) is 2.37. The van der Waals surface area contributed by atoms with Crippen LogP contribution in [0.1, 0.15) is 6.42 Å². The largest absolute Gasteiger partial charge is 0.492 e. The zero-order chi connectivity index (χ0) is 13.2. The molecule has 6 heteroatoms. The highest BCUT2D eigenvalue weighted by Gasteiger charge is 2.26. The van der Waals surface area contributed by atoms with Gasteiger partial charge in [0.2, 0.25) is 0 Å². The van der Waals surface area contributed by atoms with Crippen molar-refractivity contribution in [2.45, 2.75) is 12.6 Å². The van der Waals surface area contributed by atoms with Crippen molar-refractivity contribution in [1.82, 2.24) is 4.98 Å². The number of benzene rings is 1. The van der Waals surface area contributed by atoms with Gasteiger partial charge in [-0.05, 0) is 24.3 Å². The van der Waals surface area contributed by atoms with E-state index < -0.39 is 19.2 Å². The predicted molar refractivity (Wildman–Crippen MR) is 62.3 cm³/mol. The van der Waals surface area contributed by atoms with Crippen molar-refractivity contribution in [1.29, 1.82) is 0 Å². The molecule has 0 radical (unpaired) electrons. The van der Waals surface area contributed by atoms with E-state index >= 15 is 0 Å². The van der Waals surface area contributed by atoms with Crippen LogP contribution in [0.25, 0.3) is 10.9 Å². The molecule has 0 amide bonds. The fourth-order valence-corrected chi connectivity index (χ4v) is 1.54. The lowest BCUT2D eigenvalue weighted by Gasteiger charge is -2.10. The summed E-state index contributed by atoms with van der Waals surface area (Å²) in [6.07, 6.45) is -3.72. The van der Waals surface area contributed by atoms with Crippen LogP contribution in [0.3, 0.4) is 0 Å². The van der Waals surface area contributed by atoms with Crippen LogP contribution >= 0.6 is 0 Å². The van der Waals surface area contributed by atoms with Crippen LogP contribution in [0.15, 0.2) is 30.5 Å². The number of hydrogen-bond acceptors (Lipinski definition) is 3. The maximum atomic E-state index is 12.0. The maximum Gasteiger partial charge on any atom is 0.392 e. The van der Waals surface area contributed by atoms with Crippen molar-refractivity contribution in [2.24, 2.45) is 0 Å². The summed E-state index contributed by atoms with van der Waals surface area (Å²) < 4.78 is 41.2. The van der Waals surface area contributed by atoms with E-state index in [0.717, 1.165) is 0 Å². The number of rotatable bonds is 3. The quantitative estimate of drug-likeness (QED) is 0.858. The molecule has 1 aromatic heterocycles. The smallest absolute Gasteiger partial charge is 0.392 e. The number of alkyl halides is 3. The Morgan fingerprint density at radius 3 is 2.72 bits per heavy atom. The number of nitrogen functional groups attached to an aromatic ring is 1. The lowest BCUT2D eigenvalue weighted by molar-refractivity contribution is -0.139. The minimum absolute atomic E-state index is 0.379. The minimum atomic E-state index is -4.22. The Balaban J connectivity index is 2.18. The third kappa shape index (κ3) is 3.03. The van der Waals surface area contributed by atoms with Crippen LogP contribution in [0.2, 0.25) is 0 Å². The zero-order valence-corrected chi connectivity index (χ0v) is 9.37. The lowest BCUT2D eigenvalue weighted by atomic mass is 10.2. The highest BCUT2D eigenvalue weighted by Crippen LogP contribution is 2.26. The molecule has 0 bridgehead atoms. The van der Waals surface area contributed by atoms with Gasteiger partial charge < -0.3 is 10.5 Å². The minimum Gasteiger partial charge on any atom is -0.492 e. The highest BCUT2D eigenvalue weighted by molar-refractivity contribution is 5.87. The van der Waals surface area contributed by atoms with E-state index in [1.165, 1.54) is 12.3 Å². The van der Waals surface area contributed by atoms with E-state index in [4.69, 9.17) is 10.5 Å². The van der Waals surface area contributed by atoms with Gasteiger partial charge in [-0.1, -0.05) is 0 Å². The van der Waals surface area contributed by atoms with E-state index in [9.17, 15) is 13.2 Å². The summed E-state index contributed by atoms with van der Waals surface area (Å²) in [5, 5.41) is 0.647. The van der Waals surface area contributed by atoms with Gasteiger partial charge >= 0.3 is 6.18 Å². The van der Waals surface area contributed by atoms with Crippen LogP contribution in [-0.2, 0) is 0 Å². The van der Waals surface area contributed by atoms with E-state index in [1.807, 2.05) is 0 Å². The highest BCUT2D eigenvalue weighted by atomic mass is 19.4.